The molecule has 4 rings (SSSR count). The van der Waals surface area contributed by atoms with Crippen LogP contribution in [0, 0.1) is 12.8 Å². The van der Waals surface area contributed by atoms with Crippen LogP contribution >= 0.6 is 0 Å². The highest BCUT2D eigenvalue weighted by atomic mass is 16.1. The van der Waals surface area contributed by atoms with Gasteiger partial charge in [0.05, 0.1) is 6.04 Å². The zero-order valence-electron chi connectivity index (χ0n) is 14.4. The van der Waals surface area contributed by atoms with E-state index in [0.717, 1.165) is 11.3 Å². The predicted octanol–water partition coefficient (Wildman–Crippen LogP) is 4.67. The number of aromatic nitrogens is 1. The van der Waals surface area contributed by atoms with Crippen LogP contribution in [0.4, 0.5) is 0 Å². The molecule has 1 heterocycles. The molecule has 1 saturated carbocycles. The molecule has 1 atom stereocenters. The van der Waals surface area contributed by atoms with Crippen molar-refractivity contribution in [3.8, 4) is 5.69 Å². The average Bonchev–Trinajstić information content (AvgIpc) is 3.34. The molecule has 0 aliphatic heterocycles. The highest BCUT2D eigenvalue weighted by molar-refractivity contribution is 5.95. The van der Waals surface area contributed by atoms with Crippen molar-refractivity contribution in [3.05, 3.63) is 89.7 Å². The third-order valence-electron chi connectivity index (χ3n) is 4.89. The van der Waals surface area contributed by atoms with Crippen molar-refractivity contribution in [2.45, 2.75) is 25.8 Å². The molecule has 0 saturated heterocycles. The number of nitrogens with zero attached hydrogens (tertiary/aromatic N) is 1. The summed E-state index contributed by atoms with van der Waals surface area (Å²) in [7, 11) is 0. The summed E-state index contributed by atoms with van der Waals surface area (Å²) in [4.78, 5) is 12.9. The Bertz CT molecular complexity index is 864. The molecule has 3 aromatic rings. The summed E-state index contributed by atoms with van der Waals surface area (Å²) >= 11 is 0. The van der Waals surface area contributed by atoms with E-state index in [0.29, 0.717) is 11.5 Å². The lowest BCUT2D eigenvalue weighted by Gasteiger charge is -2.19. The molecule has 126 valence electrons. The first-order chi connectivity index (χ1) is 12.2. The zero-order valence-corrected chi connectivity index (χ0v) is 14.4. The summed E-state index contributed by atoms with van der Waals surface area (Å²) in [6.07, 6.45) is 6.37. The maximum atomic E-state index is 12.9. The molecule has 1 fully saturated rings. The first-order valence-electron chi connectivity index (χ1n) is 8.82. The monoisotopic (exact) mass is 330 g/mol. The van der Waals surface area contributed by atoms with Crippen LogP contribution in [0.5, 0.6) is 0 Å². The molecule has 2 aromatic carbocycles. The second-order valence-electron chi connectivity index (χ2n) is 6.79. The van der Waals surface area contributed by atoms with Gasteiger partial charge in [0.1, 0.15) is 0 Å². The van der Waals surface area contributed by atoms with Crippen LogP contribution in [0.3, 0.4) is 0 Å². The molecule has 3 heteroatoms. The molecule has 0 spiro atoms. The van der Waals surface area contributed by atoms with Crippen LogP contribution in [0.25, 0.3) is 5.69 Å². The minimum absolute atomic E-state index is 0.00541. The topological polar surface area (TPSA) is 34.0 Å². The molecule has 3 nitrogen and oxygen atoms in total. The van der Waals surface area contributed by atoms with Crippen LogP contribution < -0.4 is 5.32 Å². The van der Waals surface area contributed by atoms with Gasteiger partial charge >= 0.3 is 0 Å². The van der Waals surface area contributed by atoms with Gasteiger partial charge in [-0.3, -0.25) is 4.79 Å². The Morgan fingerprint density at radius 1 is 1.04 bits per heavy atom. The molecule has 1 N–H and O–H groups in total. The Morgan fingerprint density at radius 3 is 2.44 bits per heavy atom. The lowest BCUT2D eigenvalue weighted by molar-refractivity contribution is 0.0931. The summed E-state index contributed by atoms with van der Waals surface area (Å²) < 4.78 is 2.04. The fraction of sp³-hybridized carbons (Fsp3) is 0.227. The Balaban J connectivity index is 1.59. The predicted molar refractivity (Wildman–Crippen MR) is 99.9 cm³/mol. The summed E-state index contributed by atoms with van der Waals surface area (Å²) in [6.45, 7) is 2.06. The van der Waals surface area contributed by atoms with Crippen LogP contribution in [-0.2, 0) is 0 Å². The van der Waals surface area contributed by atoms with Gasteiger partial charge in [0.25, 0.3) is 5.91 Å². The van der Waals surface area contributed by atoms with Crippen molar-refractivity contribution >= 4 is 5.91 Å². The van der Waals surface area contributed by atoms with E-state index in [-0.39, 0.29) is 11.9 Å². The normalized spacial score (nSPS) is 14.9. The highest BCUT2D eigenvalue weighted by Gasteiger charge is 2.33. The van der Waals surface area contributed by atoms with Crippen LogP contribution in [-0.4, -0.2) is 10.5 Å². The number of amides is 1. The molecule has 0 bridgehead atoms. The maximum absolute atomic E-state index is 12.9. The first-order valence-corrected chi connectivity index (χ1v) is 8.82. The third-order valence-corrected chi connectivity index (χ3v) is 4.89. The second-order valence-corrected chi connectivity index (χ2v) is 6.79. The summed E-state index contributed by atoms with van der Waals surface area (Å²) in [5.74, 6) is 0.551. The van der Waals surface area contributed by atoms with E-state index in [1.807, 2.05) is 65.5 Å². The van der Waals surface area contributed by atoms with E-state index >= 15 is 0 Å². The molecular weight excluding hydrogens is 308 g/mol. The van der Waals surface area contributed by atoms with Crippen molar-refractivity contribution < 1.29 is 4.79 Å². The number of aryl methyl sites for hydroxylation is 1. The number of carbonyl (C=O) groups is 1. The van der Waals surface area contributed by atoms with Crippen molar-refractivity contribution in [1.29, 1.82) is 0 Å². The van der Waals surface area contributed by atoms with Gasteiger partial charge in [-0.15, -0.1) is 0 Å². The Morgan fingerprint density at radius 2 is 1.76 bits per heavy atom. The van der Waals surface area contributed by atoms with E-state index in [9.17, 15) is 4.79 Å². The summed E-state index contributed by atoms with van der Waals surface area (Å²) in [6, 6.07) is 20.3. The summed E-state index contributed by atoms with van der Waals surface area (Å²) in [5, 5.41) is 3.26. The fourth-order valence-electron chi connectivity index (χ4n) is 3.31. The molecule has 1 unspecified atom stereocenters. The molecule has 0 radical (unpaired) electrons. The fourth-order valence-corrected chi connectivity index (χ4v) is 3.31. The van der Waals surface area contributed by atoms with E-state index in [2.05, 4.69) is 24.4 Å². The van der Waals surface area contributed by atoms with Gasteiger partial charge < -0.3 is 9.88 Å². The Hall–Kier alpha value is -2.81. The standard InChI is InChI=1S/C22H22N2O/c1-16-9-10-19(15-20(16)24-13-5-6-14-24)22(25)23-21(18-11-12-18)17-7-3-2-4-8-17/h2-10,13-15,18,21H,11-12H2,1H3,(H,23,25). The van der Waals surface area contributed by atoms with Crippen molar-refractivity contribution in [2.75, 3.05) is 0 Å². The van der Waals surface area contributed by atoms with Crippen molar-refractivity contribution in [1.82, 2.24) is 9.88 Å². The van der Waals surface area contributed by atoms with Crippen LogP contribution in [0.1, 0.15) is 40.4 Å². The first kappa shape index (κ1) is 15.7. The van der Waals surface area contributed by atoms with E-state index < -0.39 is 0 Å². The van der Waals surface area contributed by atoms with Gasteiger partial charge in [-0.1, -0.05) is 36.4 Å². The quantitative estimate of drug-likeness (QED) is 0.725. The number of rotatable bonds is 5. The third kappa shape index (κ3) is 3.36. The average molecular weight is 330 g/mol. The number of benzene rings is 2. The van der Waals surface area contributed by atoms with E-state index in [1.165, 1.54) is 18.4 Å². The Kier molecular flexibility index (Phi) is 4.14. The second kappa shape index (κ2) is 6.60. The minimum Gasteiger partial charge on any atom is -0.345 e. The number of hydrogen-bond donors (Lipinski definition) is 1. The maximum Gasteiger partial charge on any atom is 0.251 e. The van der Waals surface area contributed by atoms with Crippen molar-refractivity contribution in [3.63, 3.8) is 0 Å². The van der Waals surface area contributed by atoms with Crippen LogP contribution in [0.15, 0.2) is 73.1 Å². The largest absolute Gasteiger partial charge is 0.345 e. The molecule has 25 heavy (non-hydrogen) atoms. The van der Waals surface area contributed by atoms with Crippen molar-refractivity contribution in [2.24, 2.45) is 5.92 Å². The number of nitrogens with one attached hydrogen (secondary N) is 1. The van der Waals surface area contributed by atoms with Gasteiger partial charge in [-0.2, -0.15) is 0 Å². The molecule has 1 aliphatic carbocycles. The number of hydrogen-bond acceptors (Lipinski definition) is 1. The minimum atomic E-state index is -0.00541. The Labute approximate surface area is 148 Å². The molecule has 1 aliphatic rings. The smallest absolute Gasteiger partial charge is 0.251 e. The number of carbonyl (C=O) groups excluding carboxylic acids is 1. The van der Waals surface area contributed by atoms with Gasteiger partial charge in [-0.05, 0) is 61.1 Å². The zero-order chi connectivity index (χ0) is 17.2. The van der Waals surface area contributed by atoms with Gasteiger partial charge in [-0.25, -0.2) is 0 Å². The van der Waals surface area contributed by atoms with Crippen LogP contribution in [0.2, 0.25) is 0 Å². The van der Waals surface area contributed by atoms with E-state index in [1.54, 1.807) is 0 Å². The van der Waals surface area contributed by atoms with Gasteiger partial charge in [0.2, 0.25) is 0 Å². The lowest BCUT2D eigenvalue weighted by atomic mass is 10.0. The summed E-state index contributed by atoms with van der Waals surface area (Å²) in [5.41, 5.74) is 4.09. The van der Waals surface area contributed by atoms with E-state index in [4.69, 9.17) is 0 Å². The van der Waals surface area contributed by atoms with Gasteiger partial charge in [0, 0.05) is 23.6 Å². The highest BCUT2D eigenvalue weighted by Crippen LogP contribution is 2.41. The lowest BCUT2D eigenvalue weighted by Crippen LogP contribution is -2.30. The SMILES string of the molecule is Cc1ccc(C(=O)NC(c2ccccc2)C2CC2)cc1-n1cccc1. The molecule has 1 amide bonds. The molecule has 1 aromatic heterocycles. The molecular formula is C22H22N2O. The van der Waals surface area contributed by atoms with Gasteiger partial charge in [0.15, 0.2) is 0 Å².